The molecule has 0 aromatic carbocycles. The second kappa shape index (κ2) is 5.00. The molecule has 1 saturated carbocycles. The second-order valence-corrected chi connectivity index (χ2v) is 3.84. The molecule has 1 rings (SSSR count). The lowest BCUT2D eigenvalue weighted by molar-refractivity contribution is 0.105. The van der Waals surface area contributed by atoms with Crippen molar-refractivity contribution in [3.05, 3.63) is 0 Å². The van der Waals surface area contributed by atoms with Crippen LogP contribution in [0, 0.1) is 11.8 Å². The summed E-state index contributed by atoms with van der Waals surface area (Å²) in [6, 6.07) is 0.352. The van der Waals surface area contributed by atoms with Crippen LogP contribution in [0.25, 0.3) is 0 Å². The Balaban J connectivity index is 2.12. The highest BCUT2D eigenvalue weighted by molar-refractivity contribution is 6.17. The number of ether oxygens (including phenoxy) is 1. The van der Waals surface area contributed by atoms with E-state index in [4.69, 9.17) is 16.3 Å². The molecule has 2 atom stereocenters. The third kappa shape index (κ3) is 3.44. The predicted octanol–water partition coefficient (Wildman–Crippen LogP) is 3.03. The molecule has 2 unspecified atom stereocenters. The van der Waals surface area contributed by atoms with Gasteiger partial charge in [-0.25, -0.2) is 0 Å². The standard InChI is InChI=1S/C9H17ClO/c1-8-3-2-4-9(5-8)6-11-7-10/h8-9H,2-7H2,1H3. The Bertz CT molecular complexity index is 106. The van der Waals surface area contributed by atoms with Gasteiger partial charge in [-0.2, -0.15) is 0 Å². The van der Waals surface area contributed by atoms with E-state index in [1.54, 1.807) is 0 Å². The number of rotatable bonds is 3. The smallest absolute Gasteiger partial charge is 0.120 e. The molecule has 2 heteroatoms. The molecule has 1 fully saturated rings. The molecule has 1 nitrogen and oxygen atoms in total. The first-order valence-corrected chi connectivity index (χ1v) is 5.00. The highest BCUT2D eigenvalue weighted by Crippen LogP contribution is 2.28. The molecule has 0 radical (unpaired) electrons. The summed E-state index contributed by atoms with van der Waals surface area (Å²) in [6.45, 7) is 3.20. The van der Waals surface area contributed by atoms with Crippen LogP contribution in [0.15, 0.2) is 0 Å². The van der Waals surface area contributed by atoms with E-state index in [-0.39, 0.29) is 0 Å². The maximum absolute atomic E-state index is 5.43. The van der Waals surface area contributed by atoms with Crippen molar-refractivity contribution < 1.29 is 4.74 Å². The minimum atomic E-state index is 0.352. The summed E-state index contributed by atoms with van der Waals surface area (Å²) < 4.78 is 5.19. The monoisotopic (exact) mass is 176 g/mol. The van der Waals surface area contributed by atoms with Crippen LogP contribution >= 0.6 is 11.6 Å². The average molecular weight is 177 g/mol. The fraction of sp³-hybridized carbons (Fsp3) is 1.00. The molecule has 1 aliphatic rings. The van der Waals surface area contributed by atoms with Crippen molar-refractivity contribution in [2.24, 2.45) is 11.8 Å². The first-order chi connectivity index (χ1) is 5.33. The quantitative estimate of drug-likeness (QED) is 0.601. The summed E-state index contributed by atoms with van der Waals surface area (Å²) in [7, 11) is 0. The largest absolute Gasteiger partial charge is 0.365 e. The fourth-order valence-corrected chi connectivity index (χ4v) is 2.01. The second-order valence-electron chi connectivity index (χ2n) is 3.62. The van der Waals surface area contributed by atoms with Crippen LogP contribution in [0.4, 0.5) is 0 Å². The highest BCUT2D eigenvalue weighted by Gasteiger charge is 2.18. The average Bonchev–Trinajstić information content (AvgIpc) is 2.01. The Hall–Kier alpha value is 0.250. The Labute approximate surface area is 74.1 Å². The summed E-state index contributed by atoms with van der Waals surface area (Å²) in [5.74, 6) is 1.67. The molecule has 0 saturated heterocycles. The molecular formula is C9H17ClO. The molecule has 0 heterocycles. The Morgan fingerprint density at radius 1 is 1.45 bits per heavy atom. The minimum Gasteiger partial charge on any atom is -0.365 e. The van der Waals surface area contributed by atoms with E-state index >= 15 is 0 Å². The lowest BCUT2D eigenvalue weighted by Gasteiger charge is -2.25. The van der Waals surface area contributed by atoms with Gasteiger partial charge in [-0.3, -0.25) is 0 Å². The summed E-state index contributed by atoms with van der Waals surface area (Å²) in [5.41, 5.74) is 0. The van der Waals surface area contributed by atoms with Crippen molar-refractivity contribution in [2.75, 3.05) is 12.7 Å². The Morgan fingerprint density at radius 2 is 2.27 bits per heavy atom. The predicted molar refractivity (Wildman–Crippen MR) is 47.8 cm³/mol. The maximum Gasteiger partial charge on any atom is 0.120 e. The van der Waals surface area contributed by atoms with Gasteiger partial charge in [0.05, 0.1) is 6.61 Å². The van der Waals surface area contributed by atoms with Gasteiger partial charge in [-0.05, 0) is 24.7 Å². The summed E-state index contributed by atoms with van der Waals surface area (Å²) in [5, 5.41) is 0. The first-order valence-electron chi connectivity index (χ1n) is 4.46. The SMILES string of the molecule is CC1CCCC(COCCl)C1. The molecule has 0 aromatic rings. The van der Waals surface area contributed by atoms with E-state index in [0.29, 0.717) is 6.07 Å². The third-order valence-electron chi connectivity index (χ3n) is 2.48. The molecule has 0 spiro atoms. The van der Waals surface area contributed by atoms with E-state index in [9.17, 15) is 0 Å². The summed E-state index contributed by atoms with van der Waals surface area (Å²) in [4.78, 5) is 0. The minimum absolute atomic E-state index is 0.352. The van der Waals surface area contributed by atoms with Crippen LogP contribution in [0.1, 0.15) is 32.6 Å². The van der Waals surface area contributed by atoms with E-state index in [0.717, 1.165) is 18.4 Å². The fourth-order valence-electron chi connectivity index (χ4n) is 1.92. The van der Waals surface area contributed by atoms with Crippen molar-refractivity contribution in [3.8, 4) is 0 Å². The molecule has 66 valence electrons. The van der Waals surface area contributed by atoms with Crippen molar-refractivity contribution >= 4 is 11.6 Å². The van der Waals surface area contributed by atoms with Gasteiger partial charge in [-0.15, -0.1) is 0 Å². The molecule has 0 aliphatic heterocycles. The molecule has 1 aliphatic carbocycles. The van der Waals surface area contributed by atoms with Crippen LogP contribution in [0.2, 0.25) is 0 Å². The zero-order chi connectivity index (χ0) is 8.10. The van der Waals surface area contributed by atoms with Gasteiger partial charge in [0.25, 0.3) is 0 Å². The van der Waals surface area contributed by atoms with Gasteiger partial charge in [0.1, 0.15) is 6.07 Å². The van der Waals surface area contributed by atoms with E-state index in [2.05, 4.69) is 6.92 Å². The van der Waals surface area contributed by atoms with Gasteiger partial charge in [0.15, 0.2) is 0 Å². The lowest BCUT2D eigenvalue weighted by Crippen LogP contribution is -2.17. The zero-order valence-corrected chi connectivity index (χ0v) is 7.94. The zero-order valence-electron chi connectivity index (χ0n) is 7.18. The molecular weight excluding hydrogens is 160 g/mol. The topological polar surface area (TPSA) is 9.23 Å². The van der Waals surface area contributed by atoms with Gasteiger partial charge < -0.3 is 4.74 Å². The number of hydrogen-bond acceptors (Lipinski definition) is 1. The molecule has 0 amide bonds. The third-order valence-corrected chi connectivity index (χ3v) is 2.63. The van der Waals surface area contributed by atoms with E-state index in [1.165, 1.54) is 25.7 Å². The first kappa shape index (κ1) is 9.34. The molecule has 0 bridgehead atoms. The number of halogens is 1. The van der Waals surface area contributed by atoms with Crippen LogP contribution in [0.3, 0.4) is 0 Å². The maximum atomic E-state index is 5.43. The number of hydrogen-bond donors (Lipinski definition) is 0. The van der Waals surface area contributed by atoms with Crippen LogP contribution in [-0.2, 0) is 4.74 Å². The van der Waals surface area contributed by atoms with Gasteiger partial charge in [-0.1, -0.05) is 31.4 Å². The van der Waals surface area contributed by atoms with E-state index < -0.39 is 0 Å². The van der Waals surface area contributed by atoms with E-state index in [1.807, 2.05) is 0 Å². The molecule has 0 N–H and O–H groups in total. The number of alkyl halides is 1. The Morgan fingerprint density at radius 3 is 2.91 bits per heavy atom. The van der Waals surface area contributed by atoms with Crippen molar-refractivity contribution in [1.82, 2.24) is 0 Å². The van der Waals surface area contributed by atoms with Gasteiger partial charge >= 0.3 is 0 Å². The van der Waals surface area contributed by atoms with Gasteiger partial charge in [0.2, 0.25) is 0 Å². The highest BCUT2D eigenvalue weighted by atomic mass is 35.5. The summed E-state index contributed by atoms with van der Waals surface area (Å²) >= 11 is 5.43. The van der Waals surface area contributed by atoms with Crippen molar-refractivity contribution in [1.29, 1.82) is 0 Å². The van der Waals surface area contributed by atoms with Crippen LogP contribution < -0.4 is 0 Å². The summed E-state index contributed by atoms with van der Waals surface area (Å²) in [6.07, 6.45) is 5.44. The van der Waals surface area contributed by atoms with Gasteiger partial charge in [0, 0.05) is 0 Å². The van der Waals surface area contributed by atoms with Crippen LogP contribution in [-0.4, -0.2) is 12.7 Å². The lowest BCUT2D eigenvalue weighted by atomic mass is 9.83. The van der Waals surface area contributed by atoms with Crippen molar-refractivity contribution in [3.63, 3.8) is 0 Å². The van der Waals surface area contributed by atoms with Crippen LogP contribution in [0.5, 0.6) is 0 Å². The van der Waals surface area contributed by atoms with Crippen molar-refractivity contribution in [2.45, 2.75) is 32.6 Å². The molecule has 0 aromatic heterocycles. The molecule has 11 heavy (non-hydrogen) atoms. The Kier molecular flexibility index (Phi) is 4.24. The normalized spacial score (nSPS) is 32.2.